The van der Waals surface area contributed by atoms with Gasteiger partial charge in [0.25, 0.3) is 11.8 Å². The van der Waals surface area contributed by atoms with E-state index in [4.69, 9.17) is 0 Å². The van der Waals surface area contributed by atoms with Crippen LogP contribution in [0.25, 0.3) is 22.2 Å². The second-order valence-corrected chi connectivity index (χ2v) is 7.91. The van der Waals surface area contributed by atoms with Gasteiger partial charge in [-0.1, -0.05) is 19.9 Å². The van der Waals surface area contributed by atoms with Gasteiger partial charge < -0.3 is 15.6 Å². The molecule has 1 aromatic carbocycles. The fraction of sp³-hybridized carbons (Fsp3) is 0.350. The van der Waals surface area contributed by atoms with Gasteiger partial charge in [0.05, 0.1) is 6.54 Å². The Morgan fingerprint density at radius 1 is 1.29 bits per heavy atom. The van der Waals surface area contributed by atoms with Crippen LogP contribution in [0, 0.1) is 0 Å². The van der Waals surface area contributed by atoms with Crippen LogP contribution in [0.1, 0.15) is 36.7 Å². The highest BCUT2D eigenvalue weighted by Crippen LogP contribution is 2.35. The van der Waals surface area contributed by atoms with E-state index >= 15 is 0 Å². The van der Waals surface area contributed by atoms with E-state index in [1.807, 2.05) is 24.4 Å². The molecule has 2 aromatic heterocycles. The van der Waals surface area contributed by atoms with Gasteiger partial charge in [-0.15, -0.1) is 0 Å². The summed E-state index contributed by atoms with van der Waals surface area (Å²) in [5.41, 5.74) is 3.89. The Labute approximate surface area is 160 Å². The fourth-order valence-electron chi connectivity index (χ4n) is 3.43. The maximum Gasteiger partial charge on any atom is 0.262 e. The standard InChI is InChI=1S/C20H21F2N5O/c1-19(2)9-25-17(28)12-5-4-11(6-15(12)19)13-7-23-16-14(13)8-24-18(27-16)26-10-20(3,21)22/h4-8H,9-10H2,1-3H3,(H,25,28)(H2,23,24,26,27). The van der Waals surface area contributed by atoms with Crippen molar-refractivity contribution in [2.75, 3.05) is 18.4 Å². The summed E-state index contributed by atoms with van der Waals surface area (Å²) in [6.45, 7) is 5.07. The molecule has 0 saturated carbocycles. The van der Waals surface area contributed by atoms with E-state index in [0.29, 0.717) is 17.8 Å². The summed E-state index contributed by atoms with van der Waals surface area (Å²) in [5.74, 6) is -2.77. The number of carbonyl (C=O) groups excluding carboxylic acids is 1. The summed E-state index contributed by atoms with van der Waals surface area (Å²) in [6.07, 6.45) is 3.43. The zero-order chi connectivity index (χ0) is 20.1. The molecule has 0 saturated heterocycles. The van der Waals surface area contributed by atoms with E-state index in [-0.39, 0.29) is 17.3 Å². The van der Waals surface area contributed by atoms with Crippen molar-refractivity contribution in [3.63, 3.8) is 0 Å². The third kappa shape index (κ3) is 3.30. The highest BCUT2D eigenvalue weighted by molar-refractivity contribution is 5.99. The molecule has 0 radical (unpaired) electrons. The Morgan fingerprint density at radius 2 is 2.07 bits per heavy atom. The number of halogens is 2. The van der Waals surface area contributed by atoms with Crippen LogP contribution in [0.15, 0.2) is 30.6 Å². The summed E-state index contributed by atoms with van der Waals surface area (Å²) in [5, 5.41) is 6.25. The van der Waals surface area contributed by atoms with Gasteiger partial charge in [0.2, 0.25) is 5.95 Å². The first-order chi connectivity index (χ1) is 13.1. The Balaban J connectivity index is 1.71. The highest BCUT2D eigenvalue weighted by Gasteiger charge is 2.31. The van der Waals surface area contributed by atoms with E-state index in [1.165, 1.54) is 0 Å². The molecule has 146 valence electrons. The molecule has 0 aliphatic carbocycles. The molecule has 8 heteroatoms. The predicted molar refractivity (Wildman–Crippen MR) is 104 cm³/mol. The number of benzene rings is 1. The Hall–Kier alpha value is -3.03. The lowest BCUT2D eigenvalue weighted by Gasteiger charge is -2.32. The van der Waals surface area contributed by atoms with Crippen molar-refractivity contribution >= 4 is 22.9 Å². The van der Waals surface area contributed by atoms with Crippen molar-refractivity contribution in [3.8, 4) is 11.1 Å². The molecule has 3 heterocycles. The molecule has 4 rings (SSSR count). The SMILES string of the molecule is CC(F)(F)CNc1ncc2c(-c3ccc4c(c3)C(C)(C)CNC4=O)c[nH]c2n1. The zero-order valence-corrected chi connectivity index (χ0v) is 15.9. The number of aromatic amines is 1. The van der Waals surface area contributed by atoms with Crippen LogP contribution in [0.4, 0.5) is 14.7 Å². The van der Waals surface area contributed by atoms with Crippen LogP contribution in [0.5, 0.6) is 0 Å². The predicted octanol–water partition coefficient (Wildman–Crippen LogP) is 3.71. The van der Waals surface area contributed by atoms with Gasteiger partial charge in [0, 0.05) is 47.8 Å². The molecule has 3 aromatic rings. The van der Waals surface area contributed by atoms with Crippen LogP contribution >= 0.6 is 0 Å². The van der Waals surface area contributed by atoms with Gasteiger partial charge in [0.1, 0.15) is 5.65 Å². The number of hydrogen-bond donors (Lipinski definition) is 3. The second kappa shape index (κ2) is 6.25. The lowest BCUT2D eigenvalue weighted by molar-refractivity contribution is 0.0366. The number of carbonyl (C=O) groups is 1. The smallest absolute Gasteiger partial charge is 0.262 e. The molecule has 1 amide bonds. The maximum atomic E-state index is 13.0. The molecule has 0 bridgehead atoms. The summed E-state index contributed by atoms with van der Waals surface area (Å²) >= 11 is 0. The normalized spacial score (nSPS) is 16.0. The minimum Gasteiger partial charge on any atom is -0.351 e. The van der Waals surface area contributed by atoms with E-state index in [9.17, 15) is 13.6 Å². The average Bonchev–Trinajstić information content (AvgIpc) is 3.06. The number of amides is 1. The van der Waals surface area contributed by atoms with E-state index < -0.39 is 12.5 Å². The van der Waals surface area contributed by atoms with E-state index in [0.717, 1.165) is 29.0 Å². The Morgan fingerprint density at radius 3 is 2.82 bits per heavy atom. The summed E-state index contributed by atoms with van der Waals surface area (Å²) in [4.78, 5) is 23.7. The number of H-pyrrole nitrogens is 1. The third-order valence-electron chi connectivity index (χ3n) is 4.98. The first kappa shape index (κ1) is 18.3. The zero-order valence-electron chi connectivity index (χ0n) is 15.9. The molecule has 6 nitrogen and oxygen atoms in total. The number of nitrogens with zero attached hydrogens (tertiary/aromatic N) is 2. The largest absolute Gasteiger partial charge is 0.351 e. The lowest BCUT2D eigenvalue weighted by Crippen LogP contribution is -2.43. The first-order valence-corrected chi connectivity index (χ1v) is 9.03. The van der Waals surface area contributed by atoms with Crippen LogP contribution < -0.4 is 10.6 Å². The molecule has 3 N–H and O–H groups in total. The van der Waals surface area contributed by atoms with E-state index in [2.05, 4.69) is 39.4 Å². The third-order valence-corrected chi connectivity index (χ3v) is 4.98. The van der Waals surface area contributed by atoms with Gasteiger partial charge in [0.15, 0.2) is 0 Å². The Kier molecular flexibility index (Phi) is 4.10. The number of fused-ring (bicyclic) bond motifs is 2. The van der Waals surface area contributed by atoms with Gasteiger partial charge in [-0.3, -0.25) is 4.79 Å². The van der Waals surface area contributed by atoms with Crippen LogP contribution in [0.3, 0.4) is 0 Å². The van der Waals surface area contributed by atoms with Gasteiger partial charge >= 0.3 is 0 Å². The lowest BCUT2D eigenvalue weighted by atomic mass is 9.78. The topological polar surface area (TPSA) is 82.7 Å². The molecular weight excluding hydrogens is 364 g/mol. The van der Waals surface area contributed by atoms with Crippen LogP contribution in [0.2, 0.25) is 0 Å². The average molecular weight is 385 g/mol. The number of nitrogens with one attached hydrogen (secondary N) is 3. The Bertz CT molecular complexity index is 1070. The second-order valence-electron chi connectivity index (χ2n) is 7.91. The van der Waals surface area contributed by atoms with Gasteiger partial charge in [-0.2, -0.15) is 4.98 Å². The van der Waals surface area contributed by atoms with Crippen molar-refractivity contribution in [3.05, 3.63) is 41.7 Å². The van der Waals surface area contributed by atoms with Crippen LogP contribution in [-0.4, -0.2) is 39.9 Å². The maximum absolute atomic E-state index is 13.0. The molecule has 28 heavy (non-hydrogen) atoms. The fourth-order valence-corrected chi connectivity index (χ4v) is 3.43. The molecule has 0 fully saturated rings. The summed E-state index contributed by atoms with van der Waals surface area (Å²) < 4.78 is 26.0. The van der Waals surface area contributed by atoms with Crippen molar-refractivity contribution in [2.45, 2.75) is 32.1 Å². The molecule has 0 atom stereocenters. The van der Waals surface area contributed by atoms with Crippen molar-refractivity contribution in [2.24, 2.45) is 0 Å². The van der Waals surface area contributed by atoms with Crippen molar-refractivity contribution in [1.29, 1.82) is 0 Å². The van der Waals surface area contributed by atoms with Crippen molar-refractivity contribution < 1.29 is 13.6 Å². The van der Waals surface area contributed by atoms with Crippen molar-refractivity contribution in [1.82, 2.24) is 20.3 Å². The number of hydrogen-bond acceptors (Lipinski definition) is 4. The highest BCUT2D eigenvalue weighted by atomic mass is 19.3. The molecule has 0 spiro atoms. The molecule has 1 aliphatic heterocycles. The monoisotopic (exact) mass is 385 g/mol. The summed E-state index contributed by atoms with van der Waals surface area (Å²) in [6, 6.07) is 5.76. The van der Waals surface area contributed by atoms with Crippen LogP contribution in [-0.2, 0) is 5.41 Å². The van der Waals surface area contributed by atoms with Gasteiger partial charge in [-0.25, -0.2) is 13.8 Å². The van der Waals surface area contributed by atoms with Gasteiger partial charge in [-0.05, 0) is 23.3 Å². The first-order valence-electron chi connectivity index (χ1n) is 9.03. The number of aromatic nitrogens is 3. The quantitative estimate of drug-likeness (QED) is 0.639. The minimum atomic E-state index is -2.85. The number of alkyl halides is 2. The molecule has 1 aliphatic rings. The molecular formula is C20H21F2N5O. The summed E-state index contributed by atoms with van der Waals surface area (Å²) in [7, 11) is 0. The molecule has 0 unspecified atom stereocenters. The van der Waals surface area contributed by atoms with E-state index in [1.54, 1.807) is 6.20 Å². The number of rotatable bonds is 4. The number of anilines is 1. The minimum absolute atomic E-state index is 0.0634.